The lowest BCUT2D eigenvalue weighted by atomic mass is 10.0. The fourth-order valence-corrected chi connectivity index (χ4v) is 4.54. The van der Waals surface area contributed by atoms with Crippen LogP contribution in [0.25, 0.3) is 0 Å². The molecule has 0 aromatic rings. The molecule has 162 valence electrons. The molecular formula is C23H48O3Si. The summed E-state index contributed by atoms with van der Waals surface area (Å²) in [7, 11) is -1.90. The topological polar surface area (TPSA) is 46.5 Å². The van der Waals surface area contributed by atoms with E-state index in [-0.39, 0.29) is 17.6 Å². The Kier molecular flexibility index (Phi) is 13.6. The SMILES string of the molecule is CC(C)CCCCCCCCCCC[C@H](CC(=O)O)O[Si](C)(C)C(C)(C)C. The molecule has 0 aliphatic rings. The molecular weight excluding hydrogens is 352 g/mol. The average Bonchev–Trinajstić information content (AvgIpc) is 2.50. The van der Waals surface area contributed by atoms with Crippen LogP contribution in [0.1, 0.15) is 112 Å². The molecule has 3 nitrogen and oxygen atoms in total. The van der Waals surface area contributed by atoms with Crippen LogP contribution < -0.4 is 0 Å². The van der Waals surface area contributed by atoms with Crippen molar-refractivity contribution in [3.05, 3.63) is 0 Å². The summed E-state index contributed by atoms with van der Waals surface area (Å²) in [5.74, 6) is 0.103. The second-order valence-corrected chi connectivity index (χ2v) is 15.0. The lowest BCUT2D eigenvalue weighted by Gasteiger charge is -2.39. The molecule has 0 unspecified atom stereocenters. The summed E-state index contributed by atoms with van der Waals surface area (Å²) in [5.41, 5.74) is 0. The molecule has 1 atom stereocenters. The van der Waals surface area contributed by atoms with E-state index in [9.17, 15) is 9.90 Å². The molecule has 27 heavy (non-hydrogen) atoms. The quantitative estimate of drug-likeness (QED) is 0.212. The molecule has 0 spiro atoms. The lowest BCUT2D eigenvalue weighted by Crippen LogP contribution is -2.44. The Morgan fingerprint density at radius 1 is 0.852 bits per heavy atom. The van der Waals surface area contributed by atoms with Crippen molar-refractivity contribution in [2.45, 2.75) is 136 Å². The zero-order valence-corrected chi connectivity index (χ0v) is 20.4. The minimum absolute atomic E-state index is 0.121. The van der Waals surface area contributed by atoms with E-state index in [1.165, 1.54) is 57.8 Å². The number of carboxylic acids is 1. The van der Waals surface area contributed by atoms with Crippen molar-refractivity contribution < 1.29 is 14.3 Å². The summed E-state index contributed by atoms with van der Waals surface area (Å²) in [6.45, 7) is 15.7. The van der Waals surface area contributed by atoms with E-state index >= 15 is 0 Å². The van der Waals surface area contributed by atoms with Crippen LogP contribution >= 0.6 is 0 Å². The molecule has 0 saturated heterocycles. The van der Waals surface area contributed by atoms with Crippen LogP contribution in [0.2, 0.25) is 18.1 Å². The van der Waals surface area contributed by atoms with Gasteiger partial charge in [-0.05, 0) is 30.5 Å². The van der Waals surface area contributed by atoms with Crippen LogP contribution in [0.15, 0.2) is 0 Å². The van der Waals surface area contributed by atoms with E-state index in [1.807, 2.05) is 0 Å². The standard InChI is InChI=1S/C23H48O3Si/c1-20(2)17-15-13-11-9-8-10-12-14-16-18-21(19-22(24)25)26-27(6,7)23(3,4)5/h20-21H,8-19H2,1-7H3,(H,24,25)/t21-/m1/s1. The van der Waals surface area contributed by atoms with Gasteiger partial charge >= 0.3 is 5.97 Å². The third-order valence-corrected chi connectivity index (χ3v) is 10.5. The van der Waals surface area contributed by atoms with Gasteiger partial charge in [0.15, 0.2) is 8.32 Å². The largest absolute Gasteiger partial charge is 0.481 e. The number of unbranched alkanes of at least 4 members (excludes halogenated alkanes) is 8. The molecule has 4 heteroatoms. The molecule has 0 aliphatic heterocycles. The predicted molar refractivity (Wildman–Crippen MR) is 120 cm³/mol. The van der Waals surface area contributed by atoms with Gasteiger partial charge < -0.3 is 9.53 Å². The third kappa shape index (κ3) is 14.3. The van der Waals surface area contributed by atoms with Crippen molar-refractivity contribution >= 4 is 14.3 Å². The van der Waals surface area contributed by atoms with Crippen LogP contribution in [0.5, 0.6) is 0 Å². The first kappa shape index (κ1) is 26.6. The van der Waals surface area contributed by atoms with Crippen molar-refractivity contribution in [2.75, 3.05) is 0 Å². The Morgan fingerprint density at radius 2 is 1.26 bits per heavy atom. The van der Waals surface area contributed by atoms with Crippen molar-refractivity contribution in [2.24, 2.45) is 5.92 Å². The van der Waals surface area contributed by atoms with Crippen LogP contribution in [0, 0.1) is 5.92 Å². The van der Waals surface area contributed by atoms with Gasteiger partial charge in [-0.15, -0.1) is 0 Å². The summed E-state index contributed by atoms with van der Waals surface area (Å²) in [6, 6.07) is 0. The van der Waals surface area contributed by atoms with E-state index in [2.05, 4.69) is 47.7 Å². The van der Waals surface area contributed by atoms with Crippen LogP contribution in [0.4, 0.5) is 0 Å². The lowest BCUT2D eigenvalue weighted by molar-refractivity contribution is -0.139. The van der Waals surface area contributed by atoms with Gasteiger partial charge in [0, 0.05) is 0 Å². The van der Waals surface area contributed by atoms with Crippen LogP contribution in [0.3, 0.4) is 0 Å². The fourth-order valence-electron chi connectivity index (χ4n) is 3.15. The molecule has 0 rings (SSSR count). The minimum atomic E-state index is -1.90. The Balaban J connectivity index is 3.90. The molecule has 0 aliphatic carbocycles. The highest BCUT2D eigenvalue weighted by Crippen LogP contribution is 2.38. The maximum atomic E-state index is 11.2. The summed E-state index contributed by atoms with van der Waals surface area (Å²) in [6.07, 6.45) is 14.0. The average molecular weight is 401 g/mol. The van der Waals surface area contributed by atoms with Gasteiger partial charge in [0.05, 0.1) is 12.5 Å². The zero-order chi connectivity index (χ0) is 20.9. The van der Waals surface area contributed by atoms with Gasteiger partial charge in [-0.3, -0.25) is 4.79 Å². The molecule has 0 aromatic carbocycles. The van der Waals surface area contributed by atoms with E-state index in [4.69, 9.17) is 4.43 Å². The number of aliphatic carboxylic acids is 1. The first-order chi connectivity index (χ1) is 12.5. The van der Waals surface area contributed by atoms with Gasteiger partial charge in [0.25, 0.3) is 0 Å². The molecule has 0 fully saturated rings. The monoisotopic (exact) mass is 400 g/mol. The fraction of sp³-hybridized carbons (Fsp3) is 0.957. The second-order valence-electron chi connectivity index (χ2n) is 10.3. The zero-order valence-electron chi connectivity index (χ0n) is 19.4. The predicted octanol–water partition coefficient (Wildman–Crippen LogP) is 7.80. The Morgan fingerprint density at radius 3 is 1.63 bits per heavy atom. The summed E-state index contributed by atoms with van der Waals surface area (Å²) in [5, 5.41) is 9.33. The molecule has 0 saturated carbocycles. The van der Waals surface area contributed by atoms with E-state index in [0.29, 0.717) is 0 Å². The normalized spacial score (nSPS) is 13.9. The summed E-state index contributed by atoms with van der Waals surface area (Å²) < 4.78 is 6.37. The van der Waals surface area contributed by atoms with Crippen molar-refractivity contribution in [1.29, 1.82) is 0 Å². The molecule has 0 radical (unpaired) electrons. The minimum Gasteiger partial charge on any atom is -0.481 e. The summed E-state index contributed by atoms with van der Waals surface area (Å²) in [4.78, 5) is 11.2. The number of rotatable bonds is 16. The highest BCUT2D eigenvalue weighted by Gasteiger charge is 2.39. The highest BCUT2D eigenvalue weighted by molar-refractivity contribution is 6.74. The number of carboxylic acid groups (broad SMARTS) is 1. The maximum absolute atomic E-state index is 11.2. The van der Waals surface area contributed by atoms with Gasteiger partial charge in [0.2, 0.25) is 0 Å². The highest BCUT2D eigenvalue weighted by atomic mass is 28.4. The molecule has 0 bridgehead atoms. The van der Waals surface area contributed by atoms with E-state index in [1.54, 1.807) is 0 Å². The molecule has 0 aromatic heterocycles. The number of carbonyl (C=O) groups is 1. The van der Waals surface area contributed by atoms with Crippen molar-refractivity contribution in [1.82, 2.24) is 0 Å². The first-order valence-corrected chi connectivity index (χ1v) is 14.3. The molecule has 0 amide bonds. The van der Waals surface area contributed by atoms with E-state index < -0.39 is 14.3 Å². The van der Waals surface area contributed by atoms with Gasteiger partial charge in [-0.25, -0.2) is 0 Å². The molecule has 1 N–H and O–H groups in total. The molecule has 0 heterocycles. The third-order valence-electron chi connectivity index (χ3n) is 5.98. The van der Waals surface area contributed by atoms with Crippen LogP contribution in [-0.2, 0) is 9.22 Å². The number of hydrogen-bond donors (Lipinski definition) is 1. The Labute approximate surface area is 170 Å². The number of hydrogen-bond acceptors (Lipinski definition) is 2. The van der Waals surface area contributed by atoms with Gasteiger partial charge in [-0.2, -0.15) is 0 Å². The maximum Gasteiger partial charge on any atom is 0.305 e. The van der Waals surface area contributed by atoms with Crippen molar-refractivity contribution in [3.63, 3.8) is 0 Å². The smallest absolute Gasteiger partial charge is 0.305 e. The van der Waals surface area contributed by atoms with Gasteiger partial charge in [-0.1, -0.05) is 98.8 Å². The van der Waals surface area contributed by atoms with Crippen molar-refractivity contribution in [3.8, 4) is 0 Å². The second kappa shape index (κ2) is 13.8. The van der Waals surface area contributed by atoms with Crippen LogP contribution in [-0.4, -0.2) is 25.5 Å². The Bertz CT molecular complexity index is 386. The van der Waals surface area contributed by atoms with E-state index in [0.717, 1.165) is 18.8 Å². The summed E-state index contributed by atoms with van der Waals surface area (Å²) >= 11 is 0. The van der Waals surface area contributed by atoms with Gasteiger partial charge in [0.1, 0.15) is 0 Å². The Hall–Kier alpha value is -0.353. The first-order valence-electron chi connectivity index (χ1n) is 11.4.